The minimum atomic E-state index is -1.56. The average molecular weight is 422 g/mol. The number of benzene rings is 3. The van der Waals surface area contributed by atoms with Gasteiger partial charge in [0.1, 0.15) is 0 Å². The number of carbonyl (C=O) groups excluding carboxylic acids is 3. The molecule has 4 nitrogen and oxygen atoms in total. The molecule has 0 N–H and O–H groups in total. The fourth-order valence-electron chi connectivity index (χ4n) is 4.02. The van der Waals surface area contributed by atoms with Gasteiger partial charge in [-0.25, -0.2) is 0 Å². The van der Waals surface area contributed by atoms with Gasteiger partial charge in [0.05, 0.1) is 5.92 Å². The van der Waals surface area contributed by atoms with E-state index >= 15 is 0 Å². The van der Waals surface area contributed by atoms with Crippen molar-refractivity contribution < 1.29 is 19.1 Å². The van der Waals surface area contributed by atoms with E-state index in [1.54, 1.807) is 97.1 Å². The Labute approximate surface area is 186 Å². The number of rotatable bonds is 7. The van der Waals surface area contributed by atoms with E-state index in [-0.39, 0.29) is 22.7 Å². The van der Waals surface area contributed by atoms with Crippen molar-refractivity contribution in [2.24, 2.45) is 5.92 Å². The second kappa shape index (κ2) is 9.08. The van der Waals surface area contributed by atoms with Gasteiger partial charge in [0.25, 0.3) is 0 Å². The van der Waals surface area contributed by atoms with Crippen LogP contribution in [0.25, 0.3) is 0 Å². The molecule has 0 spiro atoms. The lowest BCUT2D eigenvalue weighted by Gasteiger charge is -2.35. The molecule has 4 rings (SSSR count). The van der Waals surface area contributed by atoms with E-state index in [2.05, 4.69) is 0 Å². The number of hydrogen-bond donors (Lipinski definition) is 0. The molecular weight excluding hydrogens is 400 g/mol. The van der Waals surface area contributed by atoms with E-state index in [4.69, 9.17) is 4.74 Å². The van der Waals surface area contributed by atoms with E-state index in [9.17, 15) is 14.4 Å². The Morgan fingerprint density at radius 2 is 1.28 bits per heavy atom. The van der Waals surface area contributed by atoms with Crippen LogP contribution in [0, 0.1) is 5.92 Å². The predicted octanol–water partition coefficient (Wildman–Crippen LogP) is 5.11. The third-order valence-corrected chi connectivity index (χ3v) is 5.71. The number of ether oxygens (including phenoxy) is 1. The molecule has 0 amide bonds. The average Bonchev–Trinajstić information content (AvgIpc) is 2.88. The van der Waals surface area contributed by atoms with Crippen molar-refractivity contribution in [3.63, 3.8) is 0 Å². The van der Waals surface area contributed by atoms with Crippen molar-refractivity contribution in [1.29, 1.82) is 0 Å². The highest BCUT2D eigenvalue weighted by molar-refractivity contribution is 6.19. The van der Waals surface area contributed by atoms with Gasteiger partial charge in [-0.3, -0.25) is 14.4 Å². The van der Waals surface area contributed by atoms with Crippen LogP contribution in [0.15, 0.2) is 109 Å². The number of allylic oxidation sites excluding steroid dienone is 2. The summed E-state index contributed by atoms with van der Waals surface area (Å²) in [6, 6.07) is 24.3. The SMILES string of the molecule is COC1(C(=O)c2ccccc2C(=O)c2ccccc2)C=CC=CC1C(=O)c1ccccc1. The third kappa shape index (κ3) is 3.77. The first-order valence-corrected chi connectivity index (χ1v) is 10.3. The zero-order chi connectivity index (χ0) is 22.6. The highest BCUT2D eigenvalue weighted by atomic mass is 16.5. The molecule has 4 heteroatoms. The fraction of sp³-hybridized carbons (Fsp3) is 0.107. The lowest BCUT2D eigenvalue weighted by atomic mass is 9.73. The summed E-state index contributed by atoms with van der Waals surface area (Å²) in [7, 11) is 1.41. The van der Waals surface area contributed by atoms with Gasteiger partial charge in [0, 0.05) is 29.4 Å². The molecule has 0 heterocycles. The number of ketones is 3. The largest absolute Gasteiger partial charge is 0.365 e. The van der Waals surface area contributed by atoms with Gasteiger partial charge in [-0.05, 0) is 6.08 Å². The molecule has 0 aromatic heterocycles. The summed E-state index contributed by atoms with van der Waals surface area (Å²) < 4.78 is 5.77. The van der Waals surface area contributed by atoms with Crippen LogP contribution in [0.5, 0.6) is 0 Å². The van der Waals surface area contributed by atoms with E-state index < -0.39 is 17.3 Å². The van der Waals surface area contributed by atoms with Crippen LogP contribution in [0.3, 0.4) is 0 Å². The van der Waals surface area contributed by atoms with Gasteiger partial charge in [0.2, 0.25) is 0 Å². The van der Waals surface area contributed by atoms with Gasteiger partial charge in [-0.1, -0.05) is 103 Å². The fourth-order valence-corrected chi connectivity index (χ4v) is 4.02. The molecule has 2 atom stereocenters. The molecule has 158 valence electrons. The summed E-state index contributed by atoms with van der Waals surface area (Å²) in [5.74, 6) is -1.79. The predicted molar refractivity (Wildman–Crippen MR) is 123 cm³/mol. The lowest BCUT2D eigenvalue weighted by Crippen LogP contribution is -2.49. The van der Waals surface area contributed by atoms with Gasteiger partial charge in [-0.15, -0.1) is 0 Å². The van der Waals surface area contributed by atoms with Crippen LogP contribution in [0.2, 0.25) is 0 Å². The van der Waals surface area contributed by atoms with Crippen LogP contribution >= 0.6 is 0 Å². The minimum absolute atomic E-state index is 0.217. The monoisotopic (exact) mass is 422 g/mol. The molecular formula is C28H22O4. The van der Waals surface area contributed by atoms with Crippen molar-refractivity contribution in [3.8, 4) is 0 Å². The Hall–Kier alpha value is -3.89. The van der Waals surface area contributed by atoms with Crippen molar-refractivity contribution in [2.75, 3.05) is 7.11 Å². The molecule has 0 saturated carbocycles. The summed E-state index contributed by atoms with van der Waals surface area (Å²) in [4.78, 5) is 40.5. The standard InChI is InChI=1S/C28H22O4/c1-32-28(19-11-10-18-24(28)26(30)21-14-6-3-7-15-21)27(31)23-17-9-8-16-22(23)25(29)20-12-4-2-5-13-20/h2-19,24H,1H3. The Balaban J connectivity index is 1.79. The van der Waals surface area contributed by atoms with Gasteiger partial charge in [-0.2, -0.15) is 0 Å². The highest BCUT2D eigenvalue weighted by Crippen LogP contribution is 2.35. The number of carbonyl (C=O) groups is 3. The Morgan fingerprint density at radius 3 is 1.91 bits per heavy atom. The van der Waals surface area contributed by atoms with Crippen LogP contribution in [-0.4, -0.2) is 30.1 Å². The van der Waals surface area contributed by atoms with Crippen molar-refractivity contribution in [2.45, 2.75) is 5.60 Å². The molecule has 3 aromatic carbocycles. The molecule has 0 bridgehead atoms. The van der Waals surface area contributed by atoms with E-state index in [0.29, 0.717) is 11.1 Å². The smallest absolute Gasteiger partial charge is 0.200 e. The van der Waals surface area contributed by atoms with E-state index in [1.165, 1.54) is 7.11 Å². The zero-order valence-corrected chi connectivity index (χ0v) is 17.6. The minimum Gasteiger partial charge on any atom is -0.365 e. The second-order valence-electron chi connectivity index (χ2n) is 7.52. The molecule has 0 saturated heterocycles. The van der Waals surface area contributed by atoms with Crippen LogP contribution in [0.1, 0.15) is 36.6 Å². The van der Waals surface area contributed by atoms with Crippen molar-refractivity contribution >= 4 is 17.3 Å². The van der Waals surface area contributed by atoms with Crippen molar-refractivity contribution in [3.05, 3.63) is 131 Å². The van der Waals surface area contributed by atoms with Gasteiger partial charge < -0.3 is 4.74 Å². The third-order valence-electron chi connectivity index (χ3n) is 5.71. The molecule has 0 radical (unpaired) electrons. The molecule has 1 aliphatic rings. The number of methoxy groups -OCH3 is 1. The first-order valence-electron chi connectivity index (χ1n) is 10.3. The summed E-state index contributed by atoms with van der Waals surface area (Å²) >= 11 is 0. The first kappa shape index (κ1) is 21.3. The van der Waals surface area contributed by atoms with Crippen molar-refractivity contribution in [1.82, 2.24) is 0 Å². The highest BCUT2D eigenvalue weighted by Gasteiger charge is 2.48. The summed E-state index contributed by atoms with van der Waals surface area (Å²) in [5.41, 5.74) is -0.104. The van der Waals surface area contributed by atoms with Gasteiger partial charge >= 0.3 is 0 Å². The first-order chi connectivity index (χ1) is 15.6. The maximum atomic E-state index is 13.9. The number of hydrogen-bond acceptors (Lipinski definition) is 4. The van der Waals surface area contributed by atoms with Gasteiger partial charge in [0.15, 0.2) is 23.0 Å². The maximum absolute atomic E-state index is 13.9. The Morgan fingerprint density at radius 1 is 0.719 bits per heavy atom. The second-order valence-corrected chi connectivity index (χ2v) is 7.52. The van der Waals surface area contributed by atoms with E-state index in [0.717, 1.165) is 0 Å². The van der Waals surface area contributed by atoms with Crippen LogP contribution in [-0.2, 0) is 4.74 Å². The maximum Gasteiger partial charge on any atom is 0.200 e. The normalized spacial score (nSPS) is 19.5. The molecule has 0 fully saturated rings. The summed E-state index contributed by atoms with van der Waals surface area (Å²) in [6.07, 6.45) is 6.71. The Kier molecular flexibility index (Phi) is 6.06. The van der Waals surface area contributed by atoms with E-state index in [1.807, 2.05) is 12.1 Å². The Bertz CT molecular complexity index is 1210. The lowest BCUT2D eigenvalue weighted by molar-refractivity contribution is 0.00813. The quantitative estimate of drug-likeness (QED) is 0.497. The zero-order valence-electron chi connectivity index (χ0n) is 17.6. The summed E-state index contributed by atoms with van der Waals surface area (Å²) in [5, 5.41) is 0. The molecule has 1 aliphatic carbocycles. The summed E-state index contributed by atoms with van der Waals surface area (Å²) in [6.45, 7) is 0. The topological polar surface area (TPSA) is 60.4 Å². The van der Waals surface area contributed by atoms with Crippen LogP contribution < -0.4 is 0 Å². The molecule has 32 heavy (non-hydrogen) atoms. The molecule has 2 unspecified atom stereocenters. The number of Topliss-reactive ketones (excluding diaryl/α,β-unsaturated/α-hetero) is 2. The molecule has 0 aliphatic heterocycles. The molecule has 3 aromatic rings. The van der Waals surface area contributed by atoms with Crippen LogP contribution in [0.4, 0.5) is 0 Å².